The predicted octanol–water partition coefficient (Wildman–Crippen LogP) is 3.05. The normalized spacial score (nSPS) is 21.3. The van der Waals surface area contributed by atoms with Crippen molar-refractivity contribution in [3.63, 3.8) is 0 Å². The van der Waals surface area contributed by atoms with E-state index in [1.807, 2.05) is 20.8 Å². The van der Waals surface area contributed by atoms with E-state index in [1.54, 1.807) is 5.57 Å². The van der Waals surface area contributed by atoms with Gasteiger partial charge in [0.1, 0.15) is 5.60 Å². The molecule has 1 aliphatic heterocycles. The molecule has 142 valence electrons. The van der Waals surface area contributed by atoms with Gasteiger partial charge < -0.3 is 20.3 Å². The first-order valence-electron chi connectivity index (χ1n) is 9.58. The van der Waals surface area contributed by atoms with Gasteiger partial charge in [-0.05, 0) is 59.8 Å². The molecule has 2 N–H and O–H groups in total. The van der Waals surface area contributed by atoms with Crippen LogP contribution in [0.1, 0.15) is 59.8 Å². The summed E-state index contributed by atoms with van der Waals surface area (Å²) in [7, 11) is 0. The topological polar surface area (TPSA) is 66.0 Å². The first-order chi connectivity index (χ1) is 11.9. The quantitative estimate of drug-likeness (QED) is 0.454. The molecule has 0 unspecified atom stereocenters. The van der Waals surface area contributed by atoms with E-state index in [-0.39, 0.29) is 12.1 Å². The van der Waals surface area contributed by atoms with Crippen molar-refractivity contribution in [2.24, 2.45) is 4.99 Å². The third kappa shape index (κ3) is 6.96. The number of hydrogen-bond donors (Lipinski definition) is 2. The summed E-state index contributed by atoms with van der Waals surface area (Å²) >= 11 is 0. The van der Waals surface area contributed by atoms with Crippen LogP contribution in [0.4, 0.5) is 4.79 Å². The van der Waals surface area contributed by atoms with Gasteiger partial charge in [0.25, 0.3) is 0 Å². The van der Waals surface area contributed by atoms with Crippen LogP contribution in [0.25, 0.3) is 0 Å². The van der Waals surface area contributed by atoms with Crippen LogP contribution in [0, 0.1) is 0 Å². The number of guanidine groups is 1. The lowest BCUT2D eigenvalue weighted by Gasteiger charge is -2.23. The highest BCUT2D eigenvalue weighted by atomic mass is 16.6. The van der Waals surface area contributed by atoms with E-state index in [0.717, 1.165) is 45.0 Å². The monoisotopic (exact) mass is 350 g/mol. The van der Waals surface area contributed by atoms with Crippen LogP contribution in [0.15, 0.2) is 16.6 Å². The first-order valence-corrected chi connectivity index (χ1v) is 9.58. The van der Waals surface area contributed by atoms with Gasteiger partial charge in [-0.2, -0.15) is 0 Å². The van der Waals surface area contributed by atoms with Crippen LogP contribution >= 0.6 is 0 Å². The minimum Gasteiger partial charge on any atom is -0.444 e. The summed E-state index contributed by atoms with van der Waals surface area (Å²) in [5, 5.41) is 6.34. The van der Waals surface area contributed by atoms with Gasteiger partial charge in [-0.15, -0.1) is 0 Å². The van der Waals surface area contributed by atoms with E-state index in [1.165, 1.54) is 19.3 Å². The number of nitrogens with one attached hydrogen (secondary N) is 2. The Labute approximate surface area is 152 Å². The number of aliphatic imine (C=N–C) groups is 1. The first kappa shape index (κ1) is 19.6. The summed E-state index contributed by atoms with van der Waals surface area (Å²) in [6.07, 6.45) is 7.75. The summed E-state index contributed by atoms with van der Waals surface area (Å²) in [5.41, 5.74) is 1.08. The van der Waals surface area contributed by atoms with Gasteiger partial charge >= 0.3 is 6.09 Å². The third-order valence-electron chi connectivity index (χ3n) is 4.37. The van der Waals surface area contributed by atoms with E-state index >= 15 is 0 Å². The maximum Gasteiger partial charge on any atom is 0.407 e. The van der Waals surface area contributed by atoms with Crippen LogP contribution in [-0.4, -0.2) is 54.8 Å². The number of carbonyl (C=O) groups excluding carboxylic acids is 1. The fraction of sp³-hybridized carbons (Fsp3) is 0.789. The van der Waals surface area contributed by atoms with Crippen LogP contribution in [0.5, 0.6) is 0 Å². The van der Waals surface area contributed by atoms with Crippen molar-refractivity contribution < 1.29 is 9.53 Å². The maximum atomic E-state index is 11.9. The Hall–Kier alpha value is -1.72. The highest BCUT2D eigenvalue weighted by molar-refractivity contribution is 5.80. The fourth-order valence-corrected chi connectivity index (χ4v) is 3.24. The molecular weight excluding hydrogens is 316 g/mol. The Morgan fingerprint density at radius 3 is 2.88 bits per heavy atom. The zero-order valence-electron chi connectivity index (χ0n) is 16.2. The van der Waals surface area contributed by atoms with Crippen molar-refractivity contribution in [2.75, 3.05) is 26.2 Å². The molecule has 0 aromatic carbocycles. The van der Waals surface area contributed by atoms with Gasteiger partial charge in [-0.25, -0.2) is 4.79 Å². The van der Waals surface area contributed by atoms with Crippen molar-refractivity contribution in [3.05, 3.63) is 11.6 Å². The molecule has 6 nitrogen and oxygen atoms in total. The number of nitrogens with zero attached hydrogens (tertiary/aromatic N) is 2. The summed E-state index contributed by atoms with van der Waals surface area (Å²) < 4.78 is 5.34. The lowest BCUT2D eigenvalue weighted by atomic mass is 10.2. The average molecular weight is 351 g/mol. The van der Waals surface area contributed by atoms with Crippen molar-refractivity contribution in [3.8, 4) is 0 Å². The van der Waals surface area contributed by atoms with E-state index in [0.29, 0.717) is 0 Å². The molecule has 6 heteroatoms. The molecule has 2 rings (SSSR count). The second-order valence-corrected chi connectivity index (χ2v) is 7.82. The van der Waals surface area contributed by atoms with Gasteiger partial charge in [0, 0.05) is 26.2 Å². The summed E-state index contributed by atoms with van der Waals surface area (Å²) in [6.45, 7) is 11.1. The summed E-state index contributed by atoms with van der Waals surface area (Å²) in [6, 6.07) is 0.108. The molecule has 1 saturated heterocycles. The maximum absolute atomic E-state index is 11.9. The Kier molecular flexibility index (Phi) is 7.14. The zero-order valence-corrected chi connectivity index (χ0v) is 16.2. The lowest BCUT2D eigenvalue weighted by molar-refractivity contribution is 0.0507. The fourth-order valence-electron chi connectivity index (χ4n) is 3.24. The molecule has 1 amide bonds. The Bertz CT molecular complexity index is 508. The molecule has 0 aromatic heterocycles. The molecule has 0 aromatic rings. The van der Waals surface area contributed by atoms with Crippen molar-refractivity contribution >= 4 is 12.1 Å². The van der Waals surface area contributed by atoms with Gasteiger partial charge in [0.2, 0.25) is 0 Å². The van der Waals surface area contributed by atoms with E-state index in [4.69, 9.17) is 9.73 Å². The SMILES string of the molecule is CCNC(=NCCC1=CCCC1)N1CC[C@@H](NC(=O)OC(C)(C)C)C1. The average Bonchev–Trinajstić information content (AvgIpc) is 3.16. The standard InChI is InChI=1S/C19H34N4O2/c1-5-20-17(21-12-10-15-8-6-7-9-15)23-13-11-16(14-23)22-18(24)25-19(2,3)4/h8,16H,5-7,9-14H2,1-4H3,(H,20,21)(H,22,24)/t16-/m1/s1. The van der Waals surface area contributed by atoms with Crippen LogP contribution < -0.4 is 10.6 Å². The number of ether oxygens (including phenoxy) is 1. The van der Waals surface area contributed by atoms with Crippen molar-refractivity contribution in [2.45, 2.75) is 71.4 Å². The molecule has 0 radical (unpaired) electrons. The molecule has 1 fully saturated rings. The summed E-state index contributed by atoms with van der Waals surface area (Å²) in [5.74, 6) is 0.953. The summed E-state index contributed by atoms with van der Waals surface area (Å²) in [4.78, 5) is 18.9. The molecule has 0 bridgehead atoms. The largest absolute Gasteiger partial charge is 0.444 e. The number of likely N-dealkylation sites (tertiary alicyclic amines) is 1. The van der Waals surface area contributed by atoms with Gasteiger partial charge in [0.05, 0.1) is 6.04 Å². The minimum absolute atomic E-state index is 0.108. The van der Waals surface area contributed by atoms with Gasteiger partial charge in [-0.3, -0.25) is 4.99 Å². The van der Waals surface area contributed by atoms with Gasteiger partial charge in [0.15, 0.2) is 5.96 Å². The second kappa shape index (κ2) is 9.11. The van der Waals surface area contributed by atoms with Crippen LogP contribution in [0.3, 0.4) is 0 Å². The predicted molar refractivity (Wildman–Crippen MR) is 102 cm³/mol. The number of allylic oxidation sites excluding steroid dienone is 1. The van der Waals surface area contributed by atoms with E-state index in [2.05, 4.69) is 28.5 Å². The number of alkyl carbamates (subject to hydrolysis) is 1. The minimum atomic E-state index is -0.465. The number of amides is 1. The molecule has 1 heterocycles. The van der Waals surface area contributed by atoms with Gasteiger partial charge in [-0.1, -0.05) is 11.6 Å². The molecule has 25 heavy (non-hydrogen) atoms. The zero-order chi connectivity index (χ0) is 18.3. The van der Waals surface area contributed by atoms with Crippen LogP contribution in [0.2, 0.25) is 0 Å². The van der Waals surface area contributed by atoms with Crippen molar-refractivity contribution in [1.29, 1.82) is 0 Å². The molecule has 1 aliphatic carbocycles. The van der Waals surface area contributed by atoms with E-state index < -0.39 is 5.60 Å². The second-order valence-electron chi connectivity index (χ2n) is 7.82. The van der Waals surface area contributed by atoms with Crippen molar-refractivity contribution in [1.82, 2.24) is 15.5 Å². The Morgan fingerprint density at radius 1 is 1.44 bits per heavy atom. The molecule has 1 atom stereocenters. The smallest absolute Gasteiger partial charge is 0.407 e. The molecule has 0 spiro atoms. The molecular formula is C19H34N4O2. The van der Waals surface area contributed by atoms with E-state index in [9.17, 15) is 4.79 Å². The number of carbonyl (C=O) groups is 1. The molecule has 2 aliphatic rings. The number of rotatable bonds is 5. The highest BCUT2D eigenvalue weighted by Crippen LogP contribution is 2.20. The third-order valence-corrected chi connectivity index (χ3v) is 4.37. The lowest BCUT2D eigenvalue weighted by Crippen LogP contribution is -2.44. The Balaban J connectivity index is 1.82. The van der Waals surface area contributed by atoms with Crippen LogP contribution in [-0.2, 0) is 4.74 Å². The highest BCUT2D eigenvalue weighted by Gasteiger charge is 2.27. The Morgan fingerprint density at radius 2 is 2.24 bits per heavy atom. The molecule has 0 saturated carbocycles. The number of hydrogen-bond acceptors (Lipinski definition) is 3.